The fraction of sp³-hybridized carbons (Fsp3) is 0.0667. The number of nitrogens with one attached hydrogen (secondary N) is 1. The standard InChI is InChI=1S/C30H22BrCl2N3O2/c31-23-12-9-20(10-13-23)17-36-18-22(25-5-1-3-7-28(25)36)16-34-35-30(37)26-6-2-4-8-29(26)38-19-21-11-14-24(32)15-27(21)33/h1-16,18H,17,19H2,(H,35,37)/b34-16-. The summed E-state index contributed by atoms with van der Waals surface area (Å²) in [6.07, 6.45) is 3.70. The van der Waals surface area contributed by atoms with Gasteiger partial charge in [-0.3, -0.25) is 4.79 Å². The number of benzene rings is 4. The number of halogens is 3. The number of amides is 1. The van der Waals surface area contributed by atoms with Crippen LogP contribution in [0.5, 0.6) is 5.75 Å². The van der Waals surface area contributed by atoms with Gasteiger partial charge in [-0.15, -0.1) is 0 Å². The number of hydrogen-bond acceptors (Lipinski definition) is 3. The third-order valence-corrected chi connectivity index (χ3v) is 7.10. The molecule has 0 aliphatic heterocycles. The SMILES string of the molecule is O=C(N/N=C\c1cn(Cc2ccc(Br)cc2)c2ccccc12)c1ccccc1OCc1ccc(Cl)cc1Cl. The Morgan fingerprint density at radius 2 is 1.74 bits per heavy atom. The molecule has 0 radical (unpaired) electrons. The third-order valence-electron chi connectivity index (χ3n) is 5.99. The Kier molecular flexibility index (Phi) is 8.13. The molecule has 1 heterocycles. The zero-order valence-corrected chi connectivity index (χ0v) is 23.2. The maximum absolute atomic E-state index is 13.0. The first-order valence-electron chi connectivity index (χ1n) is 11.8. The minimum Gasteiger partial charge on any atom is -0.488 e. The van der Waals surface area contributed by atoms with E-state index in [2.05, 4.69) is 49.2 Å². The summed E-state index contributed by atoms with van der Waals surface area (Å²) >= 11 is 15.7. The van der Waals surface area contributed by atoms with E-state index < -0.39 is 0 Å². The third kappa shape index (κ3) is 6.10. The molecule has 1 aromatic heterocycles. The van der Waals surface area contributed by atoms with Crippen molar-refractivity contribution in [1.82, 2.24) is 9.99 Å². The van der Waals surface area contributed by atoms with Crippen LogP contribution in [0.4, 0.5) is 0 Å². The number of carbonyl (C=O) groups is 1. The predicted molar refractivity (Wildman–Crippen MR) is 157 cm³/mol. The molecule has 0 saturated carbocycles. The lowest BCUT2D eigenvalue weighted by Crippen LogP contribution is -2.18. The molecule has 8 heteroatoms. The molecule has 0 fully saturated rings. The minimum atomic E-state index is -0.377. The number of carbonyl (C=O) groups excluding carboxylic acids is 1. The van der Waals surface area contributed by atoms with Gasteiger partial charge in [-0.1, -0.05) is 87.7 Å². The molecule has 1 N–H and O–H groups in total. The summed E-state index contributed by atoms with van der Waals surface area (Å²) in [5.74, 6) is 0.0509. The van der Waals surface area contributed by atoms with Gasteiger partial charge in [0.1, 0.15) is 12.4 Å². The van der Waals surface area contributed by atoms with Crippen molar-refractivity contribution in [2.45, 2.75) is 13.2 Å². The lowest BCUT2D eigenvalue weighted by Gasteiger charge is -2.11. The molecule has 0 spiro atoms. The van der Waals surface area contributed by atoms with Gasteiger partial charge in [0.25, 0.3) is 5.91 Å². The number of fused-ring (bicyclic) bond motifs is 1. The summed E-state index contributed by atoms with van der Waals surface area (Å²) in [6, 6.07) is 28.6. The van der Waals surface area contributed by atoms with Crippen LogP contribution in [0.15, 0.2) is 107 Å². The monoisotopic (exact) mass is 605 g/mol. The van der Waals surface area contributed by atoms with E-state index in [9.17, 15) is 4.79 Å². The van der Waals surface area contributed by atoms with Gasteiger partial charge in [-0.25, -0.2) is 5.43 Å². The van der Waals surface area contributed by atoms with Crippen LogP contribution in [0.2, 0.25) is 10.0 Å². The predicted octanol–water partition coefficient (Wildman–Crippen LogP) is 8.10. The molecular weight excluding hydrogens is 585 g/mol. The van der Waals surface area contributed by atoms with E-state index in [-0.39, 0.29) is 12.5 Å². The number of nitrogens with zero attached hydrogens (tertiary/aromatic N) is 2. The van der Waals surface area contributed by atoms with Gasteiger partial charge in [0.2, 0.25) is 0 Å². The number of hydrazone groups is 1. The Hall–Kier alpha value is -3.58. The van der Waals surface area contributed by atoms with Crippen molar-refractivity contribution < 1.29 is 9.53 Å². The van der Waals surface area contributed by atoms with Crippen LogP contribution in [0.3, 0.4) is 0 Å². The van der Waals surface area contributed by atoms with Crippen LogP contribution < -0.4 is 10.2 Å². The largest absolute Gasteiger partial charge is 0.488 e. The number of rotatable bonds is 8. The highest BCUT2D eigenvalue weighted by Gasteiger charge is 2.13. The van der Waals surface area contributed by atoms with E-state index >= 15 is 0 Å². The molecule has 0 unspecified atom stereocenters. The van der Waals surface area contributed by atoms with Crippen LogP contribution in [0.1, 0.15) is 27.0 Å². The van der Waals surface area contributed by atoms with Gasteiger partial charge in [-0.2, -0.15) is 5.10 Å². The lowest BCUT2D eigenvalue weighted by molar-refractivity contribution is 0.0950. The lowest BCUT2D eigenvalue weighted by atomic mass is 10.2. The summed E-state index contributed by atoms with van der Waals surface area (Å²) in [6.45, 7) is 0.914. The highest BCUT2D eigenvalue weighted by molar-refractivity contribution is 9.10. The molecule has 4 aromatic carbocycles. The molecule has 0 saturated heterocycles. The van der Waals surface area contributed by atoms with Crippen molar-refractivity contribution in [2.24, 2.45) is 5.10 Å². The number of ether oxygens (including phenoxy) is 1. The summed E-state index contributed by atoms with van der Waals surface area (Å²) in [5, 5.41) is 6.35. The Morgan fingerprint density at radius 3 is 2.55 bits per heavy atom. The molecule has 5 nitrogen and oxygen atoms in total. The summed E-state index contributed by atoms with van der Waals surface area (Å²) in [5.41, 5.74) is 6.93. The van der Waals surface area contributed by atoms with Gasteiger partial charge in [0.15, 0.2) is 0 Å². The number of hydrogen-bond donors (Lipinski definition) is 1. The maximum atomic E-state index is 13.0. The molecule has 1 amide bonds. The van der Waals surface area contributed by atoms with Crippen molar-refractivity contribution >= 4 is 62.2 Å². The average molecular weight is 607 g/mol. The molecule has 5 rings (SSSR count). The molecular formula is C30H22BrCl2N3O2. The molecule has 5 aromatic rings. The number of aromatic nitrogens is 1. The van der Waals surface area contributed by atoms with Gasteiger partial charge >= 0.3 is 0 Å². The smallest absolute Gasteiger partial charge is 0.275 e. The summed E-state index contributed by atoms with van der Waals surface area (Å²) in [4.78, 5) is 13.0. The van der Waals surface area contributed by atoms with Crippen LogP contribution >= 0.6 is 39.1 Å². The molecule has 0 aliphatic carbocycles. The topological polar surface area (TPSA) is 55.6 Å². The van der Waals surface area contributed by atoms with Crippen molar-refractivity contribution in [3.63, 3.8) is 0 Å². The number of para-hydroxylation sites is 2. The van der Waals surface area contributed by atoms with Crippen LogP contribution in [0.25, 0.3) is 10.9 Å². The quantitative estimate of drug-likeness (QED) is 0.143. The van der Waals surface area contributed by atoms with E-state index in [0.717, 1.165) is 33.0 Å². The van der Waals surface area contributed by atoms with Gasteiger partial charge in [0, 0.05) is 49.3 Å². The zero-order chi connectivity index (χ0) is 26.5. The fourth-order valence-electron chi connectivity index (χ4n) is 4.09. The maximum Gasteiger partial charge on any atom is 0.275 e. The van der Waals surface area contributed by atoms with Crippen LogP contribution in [-0.4, -0.2) is 16.7 Å². The van der Waals surface area contributed by atoms with Gasteiger partial charge in [0.05, 0.1) is 11.8 Å². The zero-order valence-electron chi connectivity index (χ0n) is 20.1. The summed E-state index contributed by atoms with van der Waals surface area (Å²) < 4.78 is 9.13. The molecule has 0 bridgehead atoms. The van der Waals surface area contributed by atoms with Crippen molar-refractivity contribution in [3.8, 4) is 5.75 Å². The van der Waals surface area contributed by atoms with E-state index in [1.807, 2.05) is 36.5 Å². The average Bonchev–Trinajstić information content (AvgIpc) is 3.27. The van der Waals surface area contributed by atoms with Crippen LogP contribution in [0, 0.1) is 0 Å². The van der Waals surface area contributed by atoms with E-state index in [4.69, 9.17) is 27.9 Å². The first kappa shape index (κ1) is 26.0. The van der Waals surface area contributed by atoms with E-state index in [1.54, 1.807) is 48.7 Å². The van der Waals surface area contributed by atoms with E-state index in [0.29, 0.717) is 21.4 Å². The molecule has 190 valence electrons. The Morgan fingerprint density at radius 1 is 0.974 bits per heavy atom. The van der Waals surface area contributed by atoms with Crippen molar-refractivity contribution in [3.05, 3.63) is 134 Å². The summed E-state index contributed by atoms with van der Waals surface area (Å²) in [7, 11) is 0. The minimum absolute atomic E-state index is 0.196. The highest BCUT2D eigenvalue weighted by atomic mass is 79.9. The van der Waals surface area contributed by atoms with E-state index in [1.165, 1.54) is 5.56 Å². The highest BCUT2D eigenvalue weighted by Crippen LogP contribution is 2.25. The van der Waals surface area contributed by atoms with Gasteiger partial charge in [-0.05, 0) is 48.0 Å². The Bertz CT molecular complexity index is 1630. The Balaban J connectivity index is 1.30. The van der Waals surface area contributed by atoms with Crippen molar-refractivity contribution in [1.29, 1.82) is 0 Å². The first-order chi connectivity index (χ1) is 18.5. The second-order valence-corrected chi connectivity index (χ2v) is 10.3. The van der Waals surface area contributed by atoms with Gasteiger partial charge < -0.3 is 9.30 Å². The Labute approximate surface area is 238 Å². The van der Waals surface area contributed by atoms with Crippen molar-refractivity contribution in [2.75, 3.05) is 0 Å². The second-order valence-electron chi connectivity index (χ2n) is 8.58. The normalized spacial score (nSPS) is 11.2. The second kappa shape index (κ2) is 11.9. The van der Waals surface area contributed by atoms with Crippen LogP contribution in [-0.2, 0) is 13.2 Å². The fourth-order valence-corrected chi connectivity index (χ4v) is 4.82. The first-order valence-corrected chi connectivity index (χ1v) is 13.3. The molecule has 0 atom stereocenters. The molecule has 38 heavy (non-hydrogen) atoms. The molecule has 0 aliphatic rings.